The second-order valence-corrected chi connectivity index (χ2v) is 17.9. The molecule has 0 amide bonds. The van der Waals surface area contributed by atoms with Crippen molar-refractivity contribution in [3.8, 4) is 55.6 Å². The lowest BCUT2D eigenvalue weighted by molar-refractivity contribution is 0.795. The van der Waals surface area contributed by atoms with Gasteiger partial charge in [-0.2, -0.15) is 0 Å². The molecule has 0 fully saturated rings. The zero-order chi connectivity index (χ0) is 41.5. The van der Waals surface area contributed by atoms with Gasteiger partial charge in [0.05, 0.1) is 5.41 Å². The van der Waals surface area contributed by atoms with Crippen LogP contribution in [0.4, 0.5) is 17.1 Å². The topological polar surface area (TPSA) is 3.24 Å². The number of anilines is 3. The quantitative estimate of drug-likeness (QED) is 0.162. The van der Waals surface area contributed by atoms with Gasteiger partial charge in [-0.05, 0) is 132 Å². The maximum Gasteiger partial charge on any atom is 0.0725 e. The fourth-order valence-electron chi connectivity index (χ4n) is 10.7. The Morgan fingerprint density at radius 1 is 0.302 bits per heavy atom. The van der Waals surface area contributed by atoms with Crippen LogP contribution in [0, 0.1) is 0 Å². The van der Waals surface area contributed by atoms with Crippen LogP contribution < -0.4 is 4.90 Å². The Morgan fingerprint density at radius 3 is 1.38 bits per heavy atom. The molecule has 1 unspecified atom stereocenters. The van der Waals surface area contributed by atoms with Gasteiger partial charge in [0.2, 0.25) is 0 Å². The minimum absolute atomic E-state index is 0.431. The van der Waals surface area contributed by atoms with Gasteiger partial charge in [0.25, 0.3) is 0 Å². The van der Waals surface area contributed by atoms with Gasteiger partial charge in [-0.3, -0.25) is 0 Å². The Hall–Kier alpha value is -7.78. The van der Waals surface area contributed by atoms with E-state index >= 15 is 0 Å². The summed E-state index contributed by atoms with van der Waals surface area (Å²) in [4.78, 5) is 2.36. The van der Waals surface area contributed by atoms with E-state index in [1.807, 2.05) is 11.3 Å². The van der Waals surface area contributed by atoms with Crippen LogP contribution in [-0.4, -0.2) is 0 Å². The summed E-state index contributed by atoms with van der Waals surface area (Å²) in [5.74, 6) is 0. The molecule has 1 aromatic heterocycles. The molecule has 2 heteroatoms. The molecule has 2 aliphatic rings. The largest absolute Gasteiger partial charge is 0.311 e. The van der Waals surface area contributed by atoms with Gasteiger partial charge in [-0.25, -0.2) is 0 Å². The maximum atomic E-state index is 2.49. The van der Waals surface area contributed by atoms with Crippen LogP contribution in [0.1, 0.15) is 22.3 Å². The van der Waals surface area contributed by atoms with Gasteiger partial charge in [-0.15, -0.1) is 11.3 Å². The van der Waals surface area contributed by atoms with Gasteiger partial charge in [0, 0.05) is 37.2 Å². The van der Waals surface area contributed by atoms with Crippen LogP contribution in [0.3, 0.4) is 0 Å². The molecule has 1 heterocycles. The van der Waals surface area contributed by atoms with Crippen molar-refractivity contribution in [2.45, 2.75) is 5.41 Å². The van der Waals surface area contributed by atoms with Gasteiger partial charge >= 0.3 is 0 Å². The van der Waals surface area contributed by atoms with E-state index in [1.165, 1.54) is 98.1 Å². The predicted molar refractivity (Wildman–Crippen MR) is 267 cm³/mol. The number of rotatable bonds is 6. The van der Waals surface area contributed by atoms with Gasteiger partial charge in [0.15, 0.2) is 0 Å². The van der Waals surface area contributed by atoms with Gasteiger partial charge in [-0.1, -0.05) is 182 Å². The Labute approximate surface area is 371 Å². The van der Waals surface area contributed by atoms with E-state index in [4.69, 9.17) is 0 Å². The highest BCUT2D eigenvalue weighted by atomic mass is 32.1. The summed E-state index contributed by atoms with van der Waals surface area (Å²) in [7, 11) is 0. The highest BCUT2D eigenvalue weighted by Crippen LogP contribution is 2.64. The zero-order valence-corrected chi connectivity index (χ0v) is 35.2. The molecule has 1 spiro atoms. The molecule has 1 nitrogen and oxygen atoms in total. The van der Waals surface area contributed by atoms with Crippen LogP contribution in [0.25, 0.3) is 75.8 Å². The molecule has 0 N–H and O–H groups in total. The van der Waals surface area contributed by atoms with Gasteiger partial charge < -0.3 is 4.90 Å². The summed E-state index contributed by atoms with van der Waals surface area (Å²) in [6.45, 7) is 0. The van der Waals surface area contributed by atoms with E-state index < -0.39 is 5.41 Å². The Bertz CT molecular complexity index is 3450. The van der Waals surface area contributed by atoms with Crippen molar-refractivity contribution < 1.29 is 0 Å². The van der Waals surface area contributed by atoms with E-state index in [-0.39, 0.29) is 0 Å². The van der Waals surface area contributed by atoms with Crippen LogP contribution in [-0.2, 0) is 5.41 Å². The fraction of sp³-hybridized carbons (Fsp3) is 0.0164. The number of hydrogen-bond donors (Lipinski definition) is 0. The summed E-state index contributed by atoms with van der Waals surface area (Å²) in [6, 6.07) is 87.5. The molecule has 294 valence electrons. The van der Waals surface area contributed by atoms with Crippen molar-refractivity contribution in [2.24, 2.45) is 0 Å². The summed E-state index contributed by atoms with van der Waals surface area (Å²) < 4.78 is 2.68. The lowest BCUT2D eigenvalue weighted by Crippen LogP contribution is -2.25. The number of hydrogen-bond acceptors (Lipinski definition) is 2. The first-order valence-electron chi connectivity index (χ1n) is 21.7. The number of thiophene rings is 1. The van der Waals surface area contributed by atoms with Crippen molar-refractivity contribution in [3.05, 3.63) is 259 Å². The normalized spacial score (nSPS) is 14.4. The lowest BCUT2D eigenvalue weighted by atomic mass is 9.70. The van der Waals surface area contributed by atoms with E-state index in [0.29, 0.717) is 0 Å². The summed E-state index contributed by atoms with van der Waals surface area (Å²) >= 11 is 1.90. The smallest absolute Gasteiger partial charge is 0.0725 e. The third-order valence-corrected chi connectivity index (χ3v) is 14.7. The average Bonchev–Trinajstić information content (AvgIpc) is 3.99. The second kappa shape index (κ2) is 14.1. The second-order valence-electron chi connectivity index (χ2n) is 16.8. The van der Waals surface area contributed by atoms with E-state index in [1.54, 1.807) is 0 Å². The third kappa shape index (κ3) is 5.42. The molecule has 0 saturated heterocycles. The molecule has 11 aromatic rings. The number of benzene rings is 10. The molecule has 63 heavy (non-hydrogen) atoms. The standard InChI is InChI=1S/C61H39NS/c1-3-13-40(14-4-1)42-23-30-46(31-24-42)62(47-32-25-43(26-33-47)41-15-5-2-6-16-41)48-34-27-44(28-35-48)45-29-36-50-49-17-7-10-20-53(49)61(56(50)39-45)54-21-11-8-18-51(54)59-55(61)37-38-58-60(59)52-19-9-12-22-57(52)63-58/h1-39H. The first-order chi connectivity index (χ1) is 31.2. The summed E-state index contributed by atoms with van der Waals surface area (Å²) in [6.07, 6.45) is 0. The van der Waals surface area contributed by atoms with Crippen molar-refractivity contribution >= 4 is 48.6 Å². The highest BCUT2D eigenvalue weighted by Gasteiger charge is 2.52. The molecule has 1 atom stereocenters. The molecule has 2 aliphatic carbocycles. The van der Waals surface area contributed by atoms with Crippen molar-refractivity contribution in [3.63, 3.8) is 0 Å². The molecule has 13 rings (SSSR count). The minimum atomic E-state index is -0.431. The summed E-state index contributed by atoms with van der Waals surface area (Å²) in [5.41, 5.74) is 20.9. The monoisotopic (exact) mass is 817 g/mol. The Morgan fingerprint density at radius 2 is 0.762 bits per heavy atom. The maximum absolute atomic E-state index is 2.49. The van der Waals surface area contributed by atoms with E-state index in [0.717, 1.165) is 17.1 Å². The Kier molecular flexibility index (Phi) is 8.06. The molecular formula is C61H39NS. The number of nitrogens with zero attached hydrogens (tertiary/aromatic N) is 1. The van der Waals surface area contributed by atoms with Gasteiger partial charge in [0.1, 0.15) is 0 Å². The first kappa shape index (κ1) is 35.9. The van der Waals surface area contributed by atoms with Crippen molar-refractivity contribution in [2.75, 3.05) is 4.90 Å². The van der Waals surface area contributed by atoms with Crippen LogP contribution in [0.15, 0.2) is 237 Å². The first-order valence-corrected chi connectivity index (χ1v) is 22.6. The molecule has 0 saturated carbocycles. The van der Waals surface area contributed by atoms with Crippen molar-refractivity contribution in [1.82, 2.24) is 0 Å². The SMILES string of the molecule is c1ccc(-c2ccc(N(c3ccc(-c4ccccc4)cc3)c3ccc(-c4ccc5c(c4)C4(c6ccccc6-5)c5ccccc5-c5c4ccc4sc6ccccc6c54)cc3)cc2)cc1. The van der Waals surface area contributed by atoms with Crippen LogP contribution in [0.2, 0.25) is 0 Å². The van der Waals surface area contributed by atoms with E-state index in [9.17, 15) is 0 Å². The molecule has 10 aromatic carbocycles. The third-order valence-electron chi connectivity index (χ3n) is 13.5. The number of fused-ring (bicyclic) bond motifs is 14. The highest BCUT2D eigenvalue weighted by molar-refractivity contribution is 7.26. The Balaban J connectivity index is 0.942. The van der Waals surface area contributed by atoms with E-state index in [2.05, 4.69) is 241 Å². The summed E-state index contributed by atoms with van der Waals surface area (Å²) in [5, 5.41) is 2.72. The molecule has 0 bridgehead atoms. The van der Waals surface area contributed by atoms with Crippen molar-refractivity contribution in [1.29, 1.82) is 0 Å². The molecule has 0 radical (unpaired) electrons. The fourth-order valence-corrected chi connectivity index (χ4v) is 11.9. The molecular weight excluding hydrogens is 779 g/mol. The van der Waals surface area contributed by atoms with Crippen LogP contribution in [0.5, 0.6) is 0 Å². The minimum Gasteiger partial charge on any atom is -0.311 e. The van der Waals surface area contributed by atoms with Crippen LogP contribution >= 0.6 is 11.3 Å². The average molecular weight is 818 g/mol. The zero-order valence-electron chi connectivity index (χ0n) is 34.4. The molecule has 0 aliphatic heterocycles. The lowest BCUT2D eigenvalue weighted by Gasteiger charge is -2.30. The predicted octanol–water partition coefficient (Wildman–Crippen LogP) is 16.9.